The van der Waals surface area contributed by atoms with Gasteiger partial charge in [0.2, 0.25) is 16.0 Å². The second-order valence-electron chi connectivity index (χ2n) is 11.2. The van der Waals surface area contributed by atoms with E-state index in [1.54, 1.807) is 12.1 Å². The van der Waals surface area contributed by atoms with Crippen LogP contribution in [0.5, 0.6) is 0 Å². The first kappa shape index (κ1) is 28.1. The molecule has 0 unspecified atom stereocenters. The molecule has 4 aromatic carbocycles. The molecule has 0 atom stereocenters. The van der Waals surface area contributed by atoms with Crippen LogP contribution in [-0.4, -0.2) is 31.5 Å². The van der Waals surface area contributed by atoms with Gasteiger partial charge in [-0.1, -0.05) is 67.6 Å². The van der Waals surface area contributed by atoms with Crippen LogP contribution >= 0.6 is 0 Å². The summed E-state index contributed by atoms with van der Waals surface area (Å²) in [5.41, 5.74) is 3.19. The number of para-hydroxylation sites is 1. The Kier molecular flexibility index (Phi) is 8.35. The summed E-state index contributed by atoms with van der Waals surface area (Å²) < 4.78 is 29.2. The molecule has 8 heteroatoms. The van der Waals surface area contributed by atoms with Gasteiger partial charge < -0.3 is 10.6 Å². The van der Waals surface area contributed by atoms with Gasteiger partial charge in [-0.2, -0.15) is 4.98 Å². The second kappa shape index (κ2) is 12.5. The van der Waals surface area contributed by atoms with Crippen molar-refractivity contribution in [3.8, 4) is 0 Å². The molecule has 6 rings (SSSR count). The molecule has 0 aliphatic heterocycles. The first-order chi connectivity index (χ1) is 20.5. The van der Waals surface area contributed by atoms with Crippen LogP contribution in [0.15, 0.2) is 95.9 Å². The van der Waals surface area contributed by atoms with Gasteiger partial charge in [-0.05, 0) is 85.2 Å². The Morgan fingerprint density at radius 1 is 0.738 bits per heavy atom. The molecule has 0 saturated heterocycles. The molecule has 7 nitrogen and oxygen atoms in total. The summed E-state index contributed by atoms with van der Waals surface area (Å²) in [5.74, 6) is 2.22. The zero-order valence-electron chi connectivity index (χ0n) is 23.9. The minimum Gasteiger partial charge on any atom is -0.354 e. The highest BCUT2D eigenvalue weighted by molar-refractivity contribution is 7.89. The van der Waals surface area contributed by atoms with Gasteiger partial charge in [-0.3, -0.25) is 0 Å². The van der Waals surface area contributed by atoms with Crippen molar-refractivity contribution in [3.63, 3.8) is 0 Å². The zero-order chi connectivity index (χ0) is 28.9. The number of hydrogen-bond donors (Lipinski definition) is 3. The maximum absolute atomic E-state index is 13.1. The Bertz CT molecular complexity index is 1780. The fourth-order valence-electron chi connectivity index (χ4n) is 5.82. The largest absolute Gasteiger partial charge is 0.354 e. The molecule has 1 aliphatic rings. The van der Waals surface area contributed by atoms with Crippen molar-refractivity contribution in [1.29, 1.82) is 0 Å². The summed E-state index contributed by atoms with van der Waals surface area (Å²) in [6.45, 7) is 3.41. The van der Waals surface area contributed by atoms with Crippen LogP contribution in [0, 0.1) is 11.8 Å². The van der Waals surface area contributed by atoms with Gasteiger partial charge in [-0.25, -0.2) is 18.1 Å². The minimum absolute atomic E-state index is 0.331. The molecule has 1 fully saturated rings. The van der Waals surface area contributed by atoms with E-state index < -0.39 is 10.0 Å². The number of aryl methyl sites for hydroxylation is 1. The topological polar surface area (TPSA) is 96.0 Å². The van der Waals surface area contributed by atoms with Crippen LogP contribution < -0.4 is 15.4 Å². The van der Waals surface area contributed by atoms with Crippen LogP contribution in [0.3, 0.4) is 0 Å². The molecule has 1 heterocycles. The number of anilines is 3. The zero-order valence-corrected chi connectivity index (χ0v) is 24.7. The first-order valence-corrected chi connectivity index (χ1v) is 16.3. The molecule has 0 amide bonds. The standard InChI is InChI=1S/C34H37N5O2S/c1-2-24-18-20-28(21-19-24)37-33-30-11-5-6-12-31(30)38-34(39-33)35-22-25-14-16-26(17-15-25)23-36-42(40,41)32-13-7-9-27-8-3-4-10-29(27)32/h3-13,18-21,25-26,36H,2,14-17,22-23H2,1H3,(H2,35,37,38,39). The van der Waals surface area contributed by atoms with Crippen molar-refractivity contribution >= 4 is 49.2 Å². The van der Waals surface area contributed by atoms with E-state index in [1.807, 2.05) is 54.6 Å². The predicted octanol–water partition coefficient (Wildman–Crippen LogP) is 7.29. The fourth-order valence-corrected chi connectivity index (χ4v) is 7.17. The molecule has 0 radical (unpaired) electrons. The average molecular weight is 580 g/mol. The van der Waals surface area contributed by atoms with Crippen molar-refractivity contribution in [2.75, 3.05) is 23.7 Å². The molecule has 5 aromatic rings. The third-order valence-electron chi connectivity index (χ3n) is 8.34. The molecule has 1 aliphatic carbocycles. The average Bonchev–Trinajstić information content (AvgIpc) is 3.03. The summed E-state index contributed by atoms with van der Waals surface area (Å²) in [5, 5.41) is 9.63. The van der Waals surface area contributed by atoms with Crippen LogP contribution in [0.25, 0.3) is 21.7 Å². The van der Waals surface area contributed by atoms with Crippen LogP contribution in [0.4, 0.5) is 17.5 Å². The third kappa shape index (κ3) is 6.40. The van der Waals surface area contributed by atoms with Crippen molar-refractivity contribution in [3.05, 3.63) is 96.6 Å². The van der Waals surface area contributed by atoms with Crippen molar-refractivity contribution in [2.24, 2.45) is 11.8 Å². The van der Waals surface area contributed by atoms with Crippen molar-refractivity contribution in [2.45, 2.75) is 43.9 Å². The van der Waals surface area contributed by atoms with Gasteiger partial charge in [-0.15, -0.1) is 0 Å². The minimum atomic E-state index is -3.58. The number of benzene rings is 4. The SMILES string of the molecule is CCc1ccc(Nc2nc(NCC3CCC(CNS(=O)(=O)c4cccc5ccccc45)CC3)nc3ccccc23)cc1. The highest BCUT2D eigenvalue weighted by Crippen LogP contribution is 2.30. The number of rotatable bonds is 10. The van der Waals surface area contributed by atoms with Gasteiger partial charge in [0.15, 0.2) is 0 Å². The summed E-state index contributed by atoms with van der Waals surface area (Å²) >= 11 is 0. The lowest BCUT2D eigenvalue weighted by Gasteiger charge is -2.28. The van der Waals surface area contributed by atoms with Crippen molar-refractivity contribution < 1.29 is 8.42 Å². The van der Waals surface area contributed by atoms with E-state index in [-0.39, 0.29) is 0 Å². The molecule has 216 valence electrons. The van der Waals surface area contributed by atoms with Crippen LogP contribution in [0.1, 0.15) is 38.2 Å². The Morgan fingerprint density at radius 3 is 2.17 bits per heavy atom. The highest BCUT2D eigenvalue weighted by Gasteiger charge is 2.24. The summed E-state index contributed by atoms with van der Waals surface area (Å²) in [6, 6.07) is 29.5. The number of aromatic nitrogens is 2. The van der Waals surface area contributed by atoms with Crippen molar-refractivity contribution in [1.82, 2.24) is 14.7 Å². The third-order valence-corrected chi connectivity index (χ3v) is 9.83. The number of nitrogens with zero attached hydrogens (tertiary/aromatic N) is 2. The summed E-state index contributed by atoms with van der Waals surface area (Å²) in [6.07, 6.45) is 5.06. The number of fused-ring (bicyclic) bond motifs is 2. The lowest BCUT2D eigenvalue weighted by Crippen LogP contribution is -2.32. The Morgan fingerprint density at radius 2 is 1.40 bits per heavy atom. The van der Waals surface area contributed by atoms with E-state index >= 15 is 0 Å². The first-order valence-electron chi connectivity index (χ1n) is 14.8. The number of sulfonamides is 1. The normalized spacial score (nSPS) is 17.4. The van der Waals surface area contributed by atoms with Gasteiger partial charge in [0.25, 0.3) is 0 Å². The van der Waals surface area contributed by atoms with E-state index in [0.717, 1.165) is 71.8 Å². The monoisotopic (exact) mass is 579 g/mol. The van der Waals surface area contributed by atoms with Crippen LogP contribution in [-0.2, 0) is 16.4 Å². The predicted molar refractivity (Wildman–Crippen MR) is 172 cm³/mol. The smallest absolute Gasteiger partial charge is 0.241 e. The molecule has 3 N–H and O–H groups in total. The van der Waals surface area contributed by atoms with Crippen LogP contribution in [0.2, 0.25) is 0 Å². The lowest BCUT2D eigenvalue weighted by atomic mass is 9.82. The summed E-state index contributed by atoms with van der Waals surface area (Å²) in [4.78, 5) is 9.95. The maximum Gasteiger partial charge on any atom is 0.241 e. The van der Waals surface area contributed by atoms with Gasteiger partial charge >= 0.3 is 0 Å². The quantitative estimate of drug-likeness (QED) is 0.161. The molecule has 0 spiro atoms. The molecule has 0 bridgehead atoms. The van der Waals surface area contributed by atoms with E-state index in [9.17, 15) is 8.42 Å². The van der Waals surface area contributed by atoms with E-state index in [2.05, 4.69) is 46.5 Å². The Labute approximate surface area is 247 Å². The molecule has 1 saturated carbocycles. The van der Waals surface area contributed by atoms with Gasteiger partial charge in [0.1, 0.15) is 5.82 Å². The number of hydrogen-bond acceptors (Lipinski definition) is 6. The fraction of sp³-hybridized carbons (Fsp3) is 0.294. The number of nitrogens with one attached hydrogen (secondary N) is 3. The van der Waals surface area contributed by atoms with Gasteiger partial charge in [0.05, 0.1) is 10.4 Å². The van der Waals surface area contributed by atoms with E-state index in [4.69, 9.17) is 9.97 Å². The van der Waals surface area contributed by atoms with Gasteiger partial charge in [0, 0.05) is 29.5 Å². The van der Waals surface area contributed by atoms with E-state index in [0.29, 0.717) is 29.2 Å². The Balaban J connectivity index is 1.05. The van der Waals surface area contributed by atoms with E-state index in [1.165, 1.54) is 5.56 Å². The molecular formula is C34H37N5O2S. The highest BCUT2D eigenvalue weighted by atomic mass is 32.2. The lowest BCUT2D eigenvalue weighted by molar-refractivity contribution is 0.284. The maximum atomic E-state index is 13.1. The molecule has 1 aromatic heterocycles. The molecular weight excluding hydrogens is 542 g/mol. The Hall–Kier alpha value is -4.01. The summed E-state index contributed by atoms with van der Waals surface area (Å²) in [7, 11) is -3.58. The molecule has 42 heavy (non-hydrogen) atoms. The second-order valence-corrected chi connectivity index (χ2v) is 12.9.